The fourth-order valence-electron chi connectivity index (χ4n) is 3.74. The highest BCUT2D eigenvalue weighted by atomic mass is 19.4. The molecule has 0 unspecified atom stereocenters. The number of rotatable bonds is 5. The van der Waals surface area contributed by atoms with Crippen LogP contribution in [0.1, 0.15) is 37.7 Å². The summed E-state index contributed by atoms with van der Waals surface area (Å²) < 4.78 is 44.7. The minimum atomic E-state index is -4.46. The van der Waals surface area contributed by atoms with Gasteiger partial charge in [-0.3, -0.25) is 4.79 Å². The Morgan fingerprint density at radius 1 is 1.25 bits per heavy atom. The molecule has 0 aromatic carbocycles. The van der Waals surface area contributed by atoms with Gasteiger partial charge >= 0.3 is 6.18 Å². The molecule has 0 saturated heterocycles. The Morgan fingerprint density at radius 3 is 2.79 bits per heavy atom. The molecule has 3 aromatic rings. The minimum Gasteiger partial charge on any atom is -0.449 e. The summed E-state index contributed by atoms with van der Waals surface area (Å²) >= 11 is 0. The molecule has 0 spiro atoms. The van der Waals surface area contributed by atoms with E-state index in [2.05, 4.69) is 15.0 Å². The average molecular weight is 394 g/mol. The number of nitrogens with zero attached hydrogens (tertiary/aromatic N) is 3. The van der Waals surface area contributed by atoms with Crippen LogP contribution in [0.4, 0.5) is 13.2 Å². The van der Waals surface area contributed by atoms with Gasteiger partial charge in [0.05, 0.1) is 0 Å². The molecule has 4 rings (SSSR count). The Balaban J connectivity index is 0.00000240. The number of amides is 1. The molecule has 1 fully saturated rings. The van der Waals surface area contributed by atoms with Gasteiger partial charge in [0.25, 0.3) is 5.91 Å². The second kappa shape index (κ2) is 7.29. The third kappa shape index (κ3) is 3.88. The van der Waals surface area contributed by atoms with Crippen molar-refractivity contribution in [1.82, 2.24) is 19.9 Å². The van der Waals surface area contributed by atoms with Crippen LogP contribution in [0.2, 0.25) is 0 Å². The lowest BCUT2D eigenvalue weighted by Crippen LogP contribution is -2.41. The third-order valence-corrected chi connectivity index (χ3v) is 5.01. The molecule has 150 valence electrons. The van der Waals surface area contributed by atoms with Crippen molar-refractivity contribution in [1.29, 1.82) is 0 Å². The van der Waals surface area contributed by atoms with Crippen LogP contribution in [0.15, 0.2) is 35.1 Å². The molecular weight excluding hydrogens is 373 g/mol. The highest BCUT2D eigenvalue weighted by Gasteiger charge is 2.35. The van der Waals surface area contributed by atoms with Gasteiger partial charge in [-0.05, 0) is 37.0 Å². The van der Waals surface area contributed by atoms with E-state index in [1.54, 1.807) is 18.3 Å². The number of halogens is 3. The number of hydrogen-bond acceptors (Lipinski definition) is 4. The van der Waals surface area contributed by atoms with Gasteiger partial charge < -0.3 is 14.3 Å². The first-order chi connectivity index (χ1) is 13.4. The lowest BCUT2D eigenvalue weighted by Gasteiger charge is -2.25. The molecule has 1 aliphatic carbocycles. The zero-order chi connectivity index (χ0) is 19.7. The van der Waals surface area contributed by atoms with Gasteiger partial charge in [0.2, 0.25) is 0 Å². The van der Waals surface area contributed by atoms with Crippen molar-refractivity contribution in [3.8, 4) is 11.5 Å². The van der Waals surface area contributed by atoms with Crippen molar-refractivity contribution in [2.75, 3.05) is 13.1 Å². The molecular formula is C19H21F3N4O2. The number of carbonyl (C=O) groups excluding carboxylic acids is 1. The number of aromatic nitrogens is 3. The molecule has 0 bridgehead atoms. The number of hydrogen-bond donors (Lipinski definition) is 1. The van der Waals surface area contributed by atoms with Gasteiger partial charge in [-0.15, -0.1) is 0 Å². The predicted molar refractivity (Wildman–Crippen MR) is 97.6 cm³/mol. The zero-order valence-electron chi connectivity index (χ0n) is 15.0. The number of H-pyrrole nitrogens is 1. The number of aromatic amines is 1. The van der Waals surface area contributed by atoms with E-state index in [0.29, 0.717) is 22.5 Å². The number of fused-ring (bicyclic) bond motifs is 1. The SMILES string of the molecule is O=C(c1ccc(-c2ncnc3[nH]ccc23)o1)N(CC1CCCC1)CC(F)(F)F.[HH]. The Kier molecular flexibility index (Phi) is 4.82. The van der Waals surface area contributed by atoms with Crippen LogP contribution in [-0.4, -0.2) is 45.0 Å². The lowest BCUT2D eigenvalue weighted by atomic mass is 10.1. The summed E-state index contributed by atoms with van der Waals surface area (Å²) in [4.78, 5) is 24.8. The Hall–Kier alpha value is -2.84. The van der Waals surface area contributed by atoms with Gasteiger partial charge in [-0.2, -0.15) is 13.2 Å². The molecule has 3 heterocycles. The minimum absolute atomic E-state index is 0. The fourth-order valence-corrected chi connectivity index (χ4v) is 3.74. The van der Waals surface area contributed by atoms with Crippen molar-refractivity contribution in [2.24, 2.45) is 5.92 Å². The molecule has 0 radical (unpaired) electrons. The lowest BCUT2D eigenvalue weighted by molar-refractivity contribution is -0.141. The topological polar surface area (TPSA) is 75.0 Å². The first-order valence-corrected chi connectivity index (χ1v) is 9.15. The Bertz CT molecular complexity index is 979. The Labute approximate surface area is 160 Å². The molecule has 1 N–H and O–H groups in total. The van der Waals surface area contributed by atoms with Gasteiger partial charge in [-0.25, -0.2) is 9.97 Å². The molecule has 1 amide bonds. The molecule has 6 nitrogen and oxygen atoms in total. The summed E-state index contributed by atoms with van der Waals surface area (Å²) in [5.74, 6) is -0.473. The van der Waals surface area contributed by atoms with Crippen LogP contribution in [0.3, 0.4) is 0 Å². The van der Waals surface area contributed by atoms with E-state index < -0.39 is 18.6 Å². The summed E-state index contributed by atoms with van der Waals surface area (Å²) in [7, 11) is 0. The van der Waals surface area contributed by atoms with Crippen molar-refractivity contribution in [2.45, 2.75) is 31.9 Å². The monoisotopic (exact) mass is 394 g/mol. The van der Waals surface area contributed by atoms with Crippen LogP contribution in [0.25, 0.3) is 22.5 Å². The number of alkyl halides is 3. The second-order valence-corrected chi connectivity index (χ2v) is 7.08. The zero-order valence-corrected chi connectivity index (χ0v) is 15.0. The summed E-state index contributed by atoms with van der Waals surface area (Å²) in [6.45, 7) is -1.20. The van der Waals surface area contributed by atoms with Crippen molar-refractivity contribution < 1.29 is 23.8 Å². The highest BCUT2D eigenvalue weighted by Crippen LogP contribution is 2.30. The standard InChI is InChI=1S/C19H19F3N4O2.H2/c20-19(21,22)10-26(9-12-3-1-2-4-12)18(27)15-6-5-14(28-15)16-13-7-8-23-17(13)25-11-24-16;/h5-8,11-12H,1-4,9-10H2,(H,23,24,25);1H. The molecule has 28 heavy (non-hydrogen) atoms. The van der Waals surface area contributed by atoms with Gasteiger partial charge in [-0.1, -0.05) is 12.8 Å². The van der Waals surface area contributed by atoms with E-state index in [-0.39, 0.29) is 19.6 Å². The molecule has 1 aliphatic rings. The largest absolute Gasteiger partial charge is 0.449 e. The first-order valence-electron chi connectivity index (χ1n) is 9.15. The van der Waals surface area contributed by atoms with Gasteiger partial charge in [0.15, 0.2) is 11.5 Å². The van der Waals surface area contributed by atoms with E-state index in [1.165, 1.54) is 12.4 Å². The van der Waals surface area contributed by atoms with E-state index in [9.17, 15) is 18.0 Å². The van der Waals surface area contributed by atoms with Crippen LogP contribution in [-0.2, 0) is 0 Å². The normalized spacial score (nSPS) is 15.4. The van der Waals surface area contributed by atoms with Crippen molar-refractivity contribution in [3.63, 3.8) is 0 Å². The van der Waals surface area contributed by atoms with Crippen LogP contribution in [0, 0.1) is 5.92 Å². The second-order valence-electron chi connectivity index (χ2n) is 7.08. The van der Waals surface area contributed by atoms with Crippen molar-refractivity contribution >= 4 is 16.9 Å². The number of nitrogens with one attached hydrogen (secondary N) is 1. The molecule has 0 atom stereocenters. The van der Waals surface area contributed by atoms with Crippen LogP contribution < -0.4 is 0 Å². The highest BCUT2D eigenvalue weighted by molar-refractivity contribution is 5.93. The number of furan rings is 1. The molecule has 9 heteroatoms. The van der Waals surface area contributed by atoms with Crippen LogP contribution >= 0.6 is 0 Å². The van der Waals surface area contributed by atoms with E-state index in [0.717, 1.165) is 30.6 Å². The molecule has 0 aliphatic heterocycles. The Morgan fingerprint density at radius 2 is 2.04 bits per heavy atom. The van der Waals surface area contributed by atoms with Crippen molar-refractivity contribution in [3.05, 3.63) is 36.5 Å². The fraction of sp³-hybridized carbons (Fsp3) is 0.421. The quantitative estimate of drug-likeness (QED) is 0.683. The van der Waals surface area contributed by atoms with Gasteiger partial charge in [0.1, 0.15) is 24.2 Å². The molecule has 3 aromatic heterocycles. The summed E-state index contributed by atoms with van der Waals surface area (Å²) in [5, 5.41) is 0.703. The smallest absolute Gasteiger partial charge is 0.406 e. The van der Waals surface area contributed by atoms with E-state index in [4.69, 9.17) is 4.42 Å². The number of carbonyl (C=O) groups is 1. The predicted octanol–water partition coefficient (Wildman–Crippen LogP) is 4.66. The first kappa shape index (κ1) is 18.5. The summed E-state index contributed by atoms with van der Waals surface area (Å²) in [6.07, 6.45) is 2.26. The third-order valence-electron chi connectivity index (χ3n) is 5.01. The van der Waals surface area contributed by atoms with E-state index in [1.807, 2.05) is 0 Å². The molecule has 1 saturated carbocycles. The van der Waals surface area contributed by atoms with E-state index >= 15 is 0 Å². The van der Waals surface area contributed by atoms with Gasteiger partial charge in [0, 0.05) is 19.6 Å². The summed E-state index contributed by atoms with van der Waals surface area (Å²) in [6, 6.07) is 4.71. The average Bonchev–Trinajstić information content (AvgIpc) is 3.39. The maximum atomic E-state index is 13.0. The summed E-state index contributed by atoms with van der Waals surface area (Å²) in [5.41, 5.74) is 1.08. The van der Waals surface area contributed by atoms with Crippen LogP contribution in [0.5, 0.6) is 0 Å². The maximum absolute atomic E-state index is 13.0. The maximum Gasteiger partial charge on any atom is 0.406 e.